The first-order chi connectivity index (χ1) is 6.40. The van der Waals surface area contributed by atoms with Crippen molar-refractivity contribution in [2.24, 2.45) is 5.41 Å². The highest BCUT2D eigenvalue weighted by atomic mass is 16.5. The first-order valence-corrected chi connectivity index (χ1v) is 5.05. The molecular weight excluding hydrogens is 172 g/mol. The maximum absolute atomic E-state index is 5.25. The van der Waals surface area contributed by atoms with E-state index in [9.17, 15) is 0 Å². The Morgan fingerprint density at radius 3 is 2.29 bits per heavy atom. The summed E-state index contributed by atoms with van der Waals surface area (Å²) in [6.45, 7) is 8.86. The lowest BCUT2D eigenvalue weighted by Gasteiger charge is -2.18. The summed E-state index contributed by atoms with van der Waals surface area (Å²) in [5.74, 6) is 0.962. The van der Waals surface area contributed by atoms with Crippen LogP contribution in [0.15, 0.2) is 18.2 Å². The van der Waals surface area contributed by atoms with Gasteiger partial charge in [-0.1, -0.05) is 26.8 Å². The normalized spacial score (nSPS) is 11.5. The Balaban J connectivity index is 2.92. The lowest BCUT2D eigenvalue weighted by Crippen LogP contribution is -2.09. The second kappa shape index (κ2) is 4.04. The highest BCUT2D eigenvalue weighted by Crippen LogP contribution is 2.24. The van der Waals surface area contributed by atoms with E-state index in [-0.39, 0.29) is 0 Å². The smallest absolute Gasteiger partial charge is 0.119 e. The number of hydrogen-bond donors (Lipinski definition) is 0. The van der Waals surface area contributed by atoms with Crippen LogP contribution >= 0.6 is 0 Å². The van der Waals surface area contributed by atoms with Crippen molar-refractivity contribution < 1.29 is 4.74 Å². The first-order valence-electron chi connectivity index (χ1n) is 5.05. The van der Waals surface area contributed by atoms with Crippen molar-refractivity contribution in [2.45, 2.75) is 34.1 Å². The molecule has 0 aliphatic rings. The van der Waals surface area contributed by atoms with Gasteiger partial charge < -0.3 is 4.74 Å². The van der Waals surface area contributed by atoms with Gasteiger partial charge in [0.1, 0.15) is 5.75 Å². The monoisotopic (exact) mass is 192 g/mol. The van der Waals surface area contributed by atoms with Gasteiger partial charge in [-0.2, -0.15) is 0 Å². The zero-order chi connectivity index (χ0) is 10.8. The number of ether oxygens (including phenoxy) is 1. The number of rotatable bonds is 2. The van der Waals surface area contributed by atoms with E-state index < -0.39 is 0 Å². The Morgan fingerprint density at radius 2 is 1.79 bits per heavy atom. The summed E-state index contributed by atoms with van der Waals surface area (Å²) in [6, 6.07) is 6.41. The Morgan fingerprint density at radius 1 is 1.14 bits per heavy atom. The third kappa shape index (κ3) is 3.41. The fraction of sp³-hybridized carbons (Fsp3) is 0.538. The zero-order valence-electron chi connectivity index (χ0n) is 9.85. The van der Waals surface area contributed by atoms with Crippen molar-refractivity contribution in [2.75, 3.05) is 7.11 Å². The predicted molar refractivity (Wildman–Crippen MR) is 60.9 cm³/mol. The molecule has 0 aliphatic carbocycles. The molecule has 1 nitrogen and oxygen atoms in total. The van der Waals surface area contributed by atoms with Crippen LogP contribution in [-0.2, 0) is 6.42 Å². The summed E-state index contributed by atoms with van der Waals surface area (Å²) in [5, 5.41) is 0. The van der Waals surface area contributed by atoms with Crippen LogP contribution in [0.25, 0.3) is 0 Å². The van der Waals surface area contributed by atoms with E-state index in [2.05, 4.69) is 45.9 Å². The lowest BCUT2D eigenvalue weighted by molar-refractivity contribution is 0.401. The van der Waals surface area contributed by atoms with Crippen LogP contribution in [0.1, 0.15) is 31.9 Å². The van der Waals surface area contributed by atoms with Gasteiger partial charge >= 0.3 is 0 Å². The van der Waals surface area contributed by atoms with Crippen molar-refractivity contribution in [3.8, 4) is 5.75 Å². The number of hydrogen-bond acceptors (Lipinski definition) is 1. The van der Waals surface area contributed by atoms with Crippen molar-refractivity contribution in [3.63, 3.8) is 0 Å². The van der Waals surface area contributed by atoms with Crippen LogP contribution in [0.2, 0.25) is 0 Å². The van der Waals surface area contributed by atoms with Crippen LogP contribution in [0.5, 0.6) is 5.75 Å². The fourth-order valence-corrected chi connectivity index (χ4v) is 1.66. The Bertz CT molecular complexity index is 308. The van der Waals surface area contributed by atoms with E-state index in [0.717, 1.165) is 12.2 Å². The van der Waals surface area contributed by atoms with Crippen LogP contribution in [-0.4, -0.2) is 7.11 Å². The topological polar surface area (TPSA) is 9.23 Å². The summed E-state index contributed by atoms with van der Waals surface area (Å²) in [6.07, 6.45) is 1.09. The van der Waals surface area contributed by atoms with E-state index in [0.29, 0.717) is 5.41 Å². The van der Waals surface area contributed by atoms with Gasteiger partial charge in [0, 0.05) is 0 Å². The average molecular weight is 192 g/mol. The molecule has 0 bridgehead atoms. The average Bonchev–Trinajstić information content (AvgIpc) is 1.99. The molecule has 0 fully saturated rings. The van der Waals surface area contributed by atoms with Gasteiger partial charge in [-0.15, -0.1) is 0 Å². The predicted octanol–water partition coefficient (Wildman–Crippen LogP) is 3.59. The molecule has 0 spiro atoms. The first kappa shape index (κ1) is 11.1. The van der Waals surface area contributed by atoms with E-state index in [1.165, 1.54) is 11.1 Å². The Labute approximate surface area is 87.1 Å². The molecule has 0 N–H and O–H groups in total. The molecule has 1 heteroatoms. The van der Waals surface area contributed by atoms with Crippen LogP contribution in [0.4, 0.5) is 0 Å². The molecular formula is C13H20O. The van der Waals surface area contributed by atoms with Crippen LogP contribution < -0.4 is 4.74 Å². The Kier molecular flexibility index (Phi) is 3.20. The zero-order valence-corrected chi connectivity index (χ0v) is 9.85. The molecule has 0 amide bonds. The highest BCUT2D eigenvalue weighted by Gasteiger charge is 2.11. The van der Waals surface area contributed by atoms with Gasteiger partial charge in [-0.05, 0) is 42.0 Å². The summed E-state index contributed by atoms with van der Waals surface area (Å²) >= 11 is 0. The quantitative estimate of drug-likeness (QED) is 0.695. The van der Waals surface area contributed by atoms with Gasteiger partial charge in [-0.3, -0.25) is 0 Å². The van der Waals surface area contributed by atoms with Crippen LogP contribution in [0, 0.1) is 12.3 Å². The molecule has 0 saturated heterocycles. The number of methoxy groups -OCH3 is 1. The van der Waals surface area contributed by atoms with Gasteiger partial charge in [0.2, 0.25) is 0 Å². The summed E-state index contributed by atoms with van der Waals surface area (Å²) in [4.78, 5) is 0. The standard InChI is InChI=1S/C13H20O/c1-10-6-11(9-13(2,3)4)8-12(7-10)14-5/h6-8H,9H2,1-5H3. The second-order valence-electron chi connectivity index (χ2n) is 5.10. The summed E-state index contributed by atoms with van der Waals surface area (Å²) < 4.78 is 5.25. The van der Waals surface area contributed by atoms with Crippen LogP contribution in [0.3, 0.4) is 0 Å². The van der Waals surface area contributed by atoms with Crippen molar-refractivity contribution in [3.05, 3.63) is 29.3 Å². The minimum Gasteiger partial charge on any atom is -0.497 e. The fourth-order valence-electron chi connectivity index (χ4n) is 1.66. The molecule has 0 aromatic heterocycles. The van der Waals surface area contributed by atoms with Gasteiger partial charge in [0.25, 0.3) is 0 Å². The molecule has 0 aliphatic heterocycles. The molecule has 0 atom stereocenters. The third-order valence-electron chi connectivity index (χ3n) is 2.08. The largest absolute Gasteiger partial charge is 0.497 e. The van der Waals surface area contributed by atoms with E-state index in [4.69, 9.17) is 4.74 Å². The molecule has 0 saturated carbocycles. The minimum absolute atomic E-state index is 0.332. The Hall–Kier alpha value is -0.980. The third-order valence-corrected chi connectivity index (χ3v) is 2.08. The van der Waals surface area contributed by atoms with E-state index in [1.807, 2.05) is 0 Å². The molecule has 1 aromatic carbocycles. The van der Waals surface area contributed by atoms with Gasteiger partial charge in [0.15, 0.2) is 0 Å². The van der Waals surface area contributed by atoms with E-state index in [1.54, 1.807) is 7.11 Å². The molecule has 0 radical (unpaired) electrons. The number of aryl methyl sites for hydroxylation is 1. The van der Waals surface area contributed by atoms with E-state index >= 15 is 0 Å². The molecule has 14 heavy (non-hydrogen) atoms. The lowest BCUT2D eigenvalue weighted by atomic mass is 9.87. The van der Waals surface area contributed by atoms with Crippen molar-refractivity contribution in [1.82, 2.24) is 0 Å². The summed E-state index contributed by atoms with van der Waals surface area (Å²) in [7, 11) is 1.72. The molecule has 1 rings (SSSR count). The molecule has 0 heterocycles. The van der Waals surface area contributed by atoms with Gasteiger partial charge in [-0.25, -0.2) is 0 Å². The molecule has 78 valence electrons. The second-order valence-corrected chi connectivity index (χ2v) is 5.10. The molecule has 0 unspecified atom stereocenters. The minimum atomic E-state index is 0.332. The summed E-state index contributed by atoms with van der Waals surface area (Å²) in [5.41, 5.74) is 2.96. The number of benzene rings is 1. The maximum atomic E-state index is 5.25. The molecule has 1 aromatic rings. The maximum Gasteiger partial charge on any atom is 0.119 e. The SMILES string of the molecule is COc1cc(C)cc(CC(C)(C)C)c1. The van der Waals surface area contributed by atoms with Gasteiger partial charge in [0.05, 0.1) is 7.11 Å². The van der Waals surface area contributed by atoms with Crippen molar-refractivity contribution >= 4 is 0 Å². The highest BCUT2D eigenvalue weighted by molar-refractivity contribution is 5.34. The van der Waals surface area contributed by atoms with Crippen molar-refractivity contribution in [1.29, 1.82) is 0 Å².